The summed E-state index contributed by atoms with van der Waals surface area (Å²) in [5, 5.41) is 14.3. The SMILES string of the molecule is O=C(CCN1CCCO1)N[C@@H]1COCC[C@H]1O. The molecule has 0 spiro atoms. The van der Waals surface area contributed by atoms with Crippen LogP contribution in [0.3, 0.4) is 0 Å². The van der Waals surface area contributed by atoms with Crippen LogP contribution >= 0.6 is 0 Å². The first-order chi connectivity index (χ1) is 8.25. The van der Waals surface area contributed by atoms with E-state index >= 15 is 0 Å². The quantitative estimate of drug-likeness (QED) is 0.683. The zero-order valence-electron chi connectivity index (χ0n) is 9.93. The lowest BCUT2D eigenvalue weighted by molar-refractivity contribution is -0.133. The second-order valence-electron chi connectivity index (χ2n) is 4.47. The molecule has 0 bridgehead atoms. The van der Waals surface area contributed by atoms with Crippen LogP contribution < -0.4 is 5.32 Å². The number of ether oxygens (including phenoxy) is 1. The van der Waals surface area contributed by atoms with E-state index in [-0.39, 0.29) is 11.9 Å². The van der Waals surface area contributed by atoms with Gasteiger partial charge in [-0.15, -0.1) is 0 Å². The molecule has 0 radical (unpaired) electrons. The minimum absolute atomic E-state index is 0.0601. The largest absolute Gasteiger partial charge is 0.391 e. The van der Waals surface area contributed by atoms with Gasteiger partial charge in [0.25, 0.3) is 0 Å². The van der Waals surface area contributed by atoms with Gasteiger partial charge in [0, 0.05) is 26.1 Å². The molecule has 0 aromatic rings. The fraction of sp³-hybridized carbons (Fsp3) is 0.909. The molecule has 2 aliphatic heterocycles. The number of carbonyl (C=O) groups is 1. The van der Waals surface area contributed by atoms with Gasteiger partial charge >= 0.3 is 0 Å². The third kappa shape index (κ3) is 3.92. The molecule has 2 rings (SSSR count). The van der Waals surface area contributed by atoms with E-state index in [9.17, 15) is 9.90 Å². The Balaban J connectivity index is 1.65. The summed E-state index contributed by atoms with van der Waals surface area (Å²) in [5.41, 5.74) is 0. The van der Waals surface area contributed by atoms with Gasteiger partial charge in [-0.2, -0.15) is 5.06 Å². The first kappa shape index (κ1) is 12.8. The molecule has 6 heteroatoms. The summed E-state index contributed by atoms with van der Waals surface area (Å²) < 4.78 is 5.22. The average Bonchev–Trinajstić information content (AvgIpc) is 2.82. The smallest absolute Gasteiger partial charge is 0.221 e. The first-order valence-corrected chi connectivity index (χ1v) is 6.19. The van der Waals surface area contributed by atoms with Crippen LogP contribution in [0.1, 0.15) is 19.3 Å². The van der Waals surface area contributed by atoms with Gasteiger partial charge in [-0.25, -0.2) is 0 Å². The number of hydrogen-bond acceptors (Lipinski definition) is 5. The predicted octanol–water partition coefficient (Wildman–Crippen LogP) is -0.720. The molecule has 98 valence electrons. The summed E-state index contributed by atoms with van der Waals surface area (Å²) >= 11 is 0. The summed E-state index contributed by atoms with van der Waals surface area (Å²) in [5.74, 6) is -0.0601. The monoisotopic (exact) mass is 244 g/mol. The third-order valence-corrected chi connectivity index (χ3v) is 3.08. The van der Waals surface area contributed by atoms with Crippen LogP contribution in [0.2, 0.25) is 0 Å². The highest BCUT2D eigenvalue weighted by atomic mass is 16.7. The zero-order valence-corrected chi connectivity index (χ0v) is 9.93. The van der Waals surface area contributed by atoms with Gasteiger partial charge in [-0.05, 0) is 12.8 Å². The van der Waals surface area contributed by atoms with Gasteiger partial charge in [0.15, 0.2) is 0 Å². The Morgan fingerprint density at radius 3 is 3.06 bits per heavy atom. The average molecular weight is 244 g/mol. The number of aliphatic hydroxyl groups excluding tert-OH is 1. The highest BCUT2D eigenvalue weighted by Crippen LogP contribution is 2.08. The van der Waals surface area contributed by atoms with Crippen LogP contribution in [0.5, 0.6) is 0 Å². The van der Waals surface area contributed by atoms with E-state index < -0.39 is 6.10 Å². The topological polar surface area (TPSA) is 71.0 Å². The highest BCUT2D eigenvalue weighted by molar-refractivity contribution is 5.76. The second-order valence-corrected chi connectivity index (χ2v) is 4.47. The van der Waals surface area contributed by atoms with Crippen molar-refractivity contribution in [1.82, 2.24) is 10.4 Å². The lowest BCUT2D eigenvalue weighted by Gasteiger charge is -2.28. The van der Waals surface area contributed by atoms with E-state index in [0.29, 0.717) is 32.6 Å². The molecule has 2 saturated heterocycles. The molecule has 2 atom stereocenters. The molecule has 0 aromatic carbocycles. The Labute approximate surface area is 101 Å². The maximum atomic E-state index is 11.7. The van der Waals surface area contributed by atoms with Crippen molar-refractivity contribution in [3.8, 4) is 0 Å². The van der Waals surface area contributed by atoms with Gasteiger partial charge in [0.1, 0.15) is 0 Å². The Morgan fingerprint density at radius 1 is 1.47 bits per heavy atom. The standard InChI is InChI=1S/C11H20N2O4/c14-10-3-7-16-8-9(10)12-11(15)2-5-13-4-1-6-17-13/h9-10,14H,1-8H2,(H,12,15)/t9-,10-/m1/s1. The molecule has 0 unspecified atom stereocenters. The number of aliphatic hydroxyl groups is 1. The molecule has 6 nitrogen and oxygen atoms in total. The molecule has 1 amide bonds. The molecular weight excluding hydrogens is 224 g/mol. The summed E-state index contributed by atoms with van der Waals surface area (Å²) in [6, 6.07) is -0.268. The lowest BCUT2D eigenvalue weighted by Crippen LogP contribution is -2.49. The van der Waals surface area contributed by atoms with Crippen LogP contribution in [-0.2, 0) is 14.4 Å². The lowest BCUT2D eigenvalue weighted by atomic mass is 10.1. The van der Waals surface area contributed by atoms with E-state index in [2.05, 4.69) is 5.32 Å². The number of rotatable bonds is 4. The van der Waals surface area contributed by atoms with Crippen molar-refractivity contribution >= 4 is 5.91 Å². The van der Waals surface area contributed by atoms with Crippen molar-refractivity contribution in [2.24, 2.45) is 0 Å². The molecule has 2 heterocycles. The summed E-state index contributed by atoms with van der Waals surface area (Å²) in [7, 11) is 0. The molecule has 0 aliphatic carbocycles. The Bertz CT molecular complexity index is 256. The van der Waals surface area contributed by atoms with Crippen molar-refractivity contribution in [3.05, 3.63) is 0 Å². The van der Waals surface area contributed by atoms with Gasteiger partial charge < -0.3 is 15.2 Å². The van der Waals surface area contributed by atoms with E-state index in [1.807, 2.05) is 5.06 Å². The van der Waals surface area contributed by atoms with Gasteiger partial charge in [-0.1, -0.05) is 0 Å². The summed E-state index contributed by atoms with van der Waals surface area (Å²) in [6.07, 6.45) is 1.51. The van der Waals surface area contributed by atoms with E-state index in [1.54, 1.807) is 0 Å². The van der Waals surface area contributed by atoms with Gasteiger partial charge in [-0.3, -0.25) is 9.63 Å². The van der Waals surface area contributed by atoms with Crippen LogP contribution in [0.4, 0.5) is 0 Å². The van der Waals surface area contributed by atoms with Crippen LogP contribution in [0.25, 0.3) is 0 Å². The fourth-order valence-corrected chi connectivity index (χ4v) is 2.05. The van der Waals surface area contributed by atoms with Crippen LogP contribution in [-0.4, -0.2) is 61.1 Å². The normalized spacial score (nSPS) is 30.4. The van der Waals surface area contributed by atoms with Crippen molar-refractivity contribution in [3.63, 3.8) is 0 Å². The van der Waals surface area contributed by atoms with Crippen molar-refractivity contribution < 1.29 is 19.5 Å². The number of carbonyl (C=O) groups excluding carboxylic acids is 1. The maximum absolute atomic E-state index is 11.7. The van der Waals surface area contributed by atoms with Crippen molar-refractivity contribution in [2.75, 3.05) is 32.9 Å². The highest BCUT2D eigenvalue weighted by Gasteiger charge is 2.25. The number of nitrogens with one attached hydrogen (secondary N) is 1. The fourth-order valence-electron chi connectivity index (χ4n) is 2.05. The molecule has 0 aromatic heterocycles. The Kier molecular flexibility index (Phi) is 4.73. The first-order valence-electron chi connectivity index (χ1n) is 6.19. The molecular formula is C11H20N2O4. The Morgan fingerprint density at radius 2 is 2.35 bits per heavy atom. The number of nitrogens with zero attached hydrogens (tertiary/aromatic N) is 1. The van der Waals surface area contributed by atoms with Gasteiger partial charge in [0.05, 0.1) is 25.4 Å². The van der Waals surface area contributed by atoms with Crippen LogP contribution in [0, 0.1) is 0 Å². The van der Waals surface area contributed by atoms with Crippen LogP contribution in [0.15, 0.2) is 0 Å². The molecule has 2 aliphatic rings. The number of hydroxylamine groups is 2. The van der Waals surface area contributed by atoms with E-state index in [0.717, 1.165) is 19.6 Å². The zero-order chi connectivity index (χ0) is 12.1. The summed E-state index contributed by atoms with van der Waals surface area (Å²) in [4.78, 5) is 16.9. The maximum Gasteiger partial charge on any atom is 0.221 e. The summed E-state index contributed by atoms with van der Waals surface area (Å²) in [6.45, 7) is 3.21. The second kappa shape index (κ2) is 6.30. The molecule has 17 heavy (non-hydrogen) atoms. The van der Waals surface area contributed by atoms with E-state index in [4.69, 9.17) is 9.57 Å². The predicted molar refractivity (Wildman–Crippen MR) is 60.1 cm³/mol. The minimum atomic E-state index is -0.490. The molecule has 2 N–H and O–H groups in total. The third-order valence-electron chi connectivity index (χ3n) is 3.08. The van der Waals surface area contributed by atoms with Gasteiger partial charge in [0.2, 0.25) is 5.91 Å². The van der Waals surface area contributed by atoms with Crippen molar-refractivity contribution in [2.45, 2.75) is 31.4 Å². The van der Waals surface area contributed by atoms with Crippen molar-refractivity contribution in [1.29, 1.82) is 0 Å². The van der Waals surface area contributed by atoms with E-state index in [1.165, 1.54) is 0 Å². The minimum Gasteiger partial charge on any atom is -0.391 e. The Hall–Kier alpha value is -0.690. The molecule has 2 fully saturated rings. The number of hydrogen-bond donors (Lipinski definition) is 2. The molecule has 0 saturated carbocycles. The number of amides is 1.